The van der Waals surface area contributed by atoms with Crippen molar-refractivity contribution in [2.45, 2.75) is 45.1 Å². The van der Waals surface area contributed by atoms with Crippen molar-refractivity contribution in [3.63, 3.8) is 0 Å². The van der Waals surface area contributed by atoms with E-state index in [1.807, 2.05) is 0 Å². The van der Waals surface area contributed by atoms with Gasteiger partial charge in [-0.3, -0.25) is 0 Å². The van der Waals surface area contributed by atoms with E-state index in [9.17, 15) is 0 Å². The van der Waals surface area contributed by atoms with Gasteiger partial charge in [0.2, 0.25) is 0 Å². The first-order chi connectivity index (χ1) is 6.34. The van der Waals surface area contributed by atoms with Gasteiger partial charge in [0, 0.05) is 6.04 Å². The summed E-state index contributed by atoms with van der Waals surface area (Å²) in [7, 11) is 0. The van der Waals surface area contributed by atoms with Crippen LogP contribution in [0.2, 0.25) is 0 Å². The topological polar surface area (TPSA) is 12.0 Å². The molecule has 1 nitrogen and oxygen atoms in total. The van der Waals surface area contributed by atoms with Gasteiger partial charge in [0.25, 0.3) is 0 Å². The molecule has 74 valence electrons. The quantitative estimate of drug-likeness (QED) is 0.701. The monoisotopic (exact) mass is 179 g/mol. The van der Waals surface area contributed by atoms with E-state index >= 15 is 0 Å². The van der Waals surface area contributed by atoms with E-state index < -0.39 is 0 Å². The lowest BCUT2D eigenvalue weighted by Gasteiger charge is -2.22. The highest BCUT2D eigenvalue weighted by Gasteiger charge is 2.45. The van der Waals surface area contributed by atoms with Crippen molar-refractivity contribution in [1.29, 1.82) is 0 Å². The third-order valence-electron chi connectivity index (χ3n) is 4.50. The van der Waals surface area contributed by atoms with Gasteiger partial charge in [0.1, 0.15) is 0 Å². The van der Waals surface area contributed by atoms with Crippen LogP contribution < -0.4 is 5.32 Å². The zero-order valence-electron chi connectivity index (χ0n) is 8.63. The number of hydrogen-bond acceptors (Lipinski definition) is 1. The maximum absolute atomic E-state index is 3.81. The first-order valence-corrected chi connectivity index (χ1v) is 6.08. The van der Waals surface area contributed by atoms with Crippen molar-refractivity contribution in [2.75, 3.05) is 6.54 Å². The summed E-state index contributed by atoms with van der Waals surface area (Å²) in [5, 5.41) is 3.81. The van der Waals surface area contributed by atoms with Gasteiger partial charge in [-0.05, 0) is 49.5 Å². The SMILES string of the molecule is CC1CC1CNC1CCCC2CC21. The van der Waals surface area contributed by atoms with Crippen molar-refractivity contribution in [2.24, 2.45) is 23.7 Å². The van der Waals surface area contributed by atoms with E-state index in [-0.39, 0.29) is 0 Å². The smallest absolute Gasteiger partial charge is 0.00981 e. The van der Waals surface area contributed by atoms with Crippen molar-refractivity contribution in [3.8, 4) is 0 Å². The van der Waals surface area contributed by atoms with E-state index in [1.54, 1.807) is 0 Å². The van der Waals surface area contributed by atoms with Crippen LogP contribution in [0.5, 0.6) is 0 Å². The molecule has 5 atom stereocenters. The fourth-order valence-corrected chi connectivity index (χ4v) is 3.15. The predicted octanol–water partition coefficient (Wildman–Crippen LogP) is 2.42. The summed E-state index contributed by atoms with van der Waals surface area (Å²) in [6.45, 7) is 3.70. The Morgan fingerprint density at radius 3 is 2.85 bits per heavy atom. The second-order valence-electron chi connectivity index (χ2n) is 5.58. The summed E-state index contributed by atoms with van der Waals surface area (Å²) >= 11 is 0. The minimum Gasteiger partial charge on any atom is -0.313 e. The molecule has 1 N–H and O–H groups in total. The summed E-state index contributed by atoms with van der Waals surface area (Å²) in [5.41, 5.74) is 0. The second kappa shape index (κ2) is 2.98. The molecule has 0 radical (unpaired) electrons. The van der Waals surface area contributed by atoms with Crippen molar-refractivity contribution < 1.29 is 0 Å². The summed E-state index contributed by atoms with van der Waals surface area (Å²) < 4.78 is 0. The summed E-state index contributed by atoms with van der Waals surface area (Å²) in [4.78, 5) is 0. The van der Waals surface area contributed by atoms with Gasteiger partial charge >= 0.3 is 0 Å². The predicted molar refractivity (Wildman–Crippen MR) is 54.5 cm³/mol. The van der Waals surface area contributed by atoms with Crippen LogP contribution in [0, 0.1) is 23.7 Å². The van der Waals surface area contributed by atoms with Crippen LogP contribution in [0.3, 0.4) is 0 Å². The molecule has 0 saturated heterocycles. The molecule has 3 saturated carbocycles. The Morgan fingerprint density at radius 1 is 1.23 bits per heavy atom. The molecule has 3 aliphatic rings. The third kappa shape index (κ3) is 1.63. The molecule has 0 aromatic carbocycles. The Balaban J connectivity index is 1.44. The van der Waals surface area contributed by atoms with Gasteiger partial charge in [-0.1, -0.05) is 19.8 Å². The van der Waals surface area contributed by atoms with Gasteiger partial charge in [0.05, 0.1) is 0 Å². The second-order valence-corrected chi connectivity index (χ2v) is 5.58. The average molecular weight is 179 g/mol. The summed E-state index contributed by atoms with van der Waals surface area (Å²) in [6.07, 6.45) is 7.50. The molecule has 1 heteroatoms. The molecule has 0 aromatic heterocycles. The fraction of sp³-hybridized carbons (Fsp3) is 1.00. The van der Waals surface area contributed by atoms with E-state index in [0.717, 1.165) is 29.7 Å². The van der Waals surface area contributed by atoms with Gasteiger partial charge in [-0.15, -0.1) is 0 Å². The molecule has 13 heavy (non-hydrogen) atoms. The fourth-order valence-electron chi connectivity index (χ4n) is 3.15. The lowest BCUT2D eigenvalue weighted by atomic mass is 9.95. The van der Waals surface area contributed by atoms with E-state index in [2.05, 4.69) is 12.2 Å². The Hall–Kier alpha value is -0.0400. The zero-order valence-corrected chi connectivity index (χ0v) is 8.63. The highest BCUT2D eigenvalue weighted by molar-refractivity contribution is 4.99. The average Bonchev–Trinajstić information content (AvgIpc) is 2.97. The lowest BCUT2D eigenvalue weighted by molar-refractivity contribution is 0.348. The molecule has 0 bridgehead atoms. The minimum absolute atomic E-state index is 0.909. The highest BCUT2D eigenvalue weighted by atomic mass is 14.9. The van der Waals surface area contributed by atoms with Crippen LogP contribution in [0.4, 0.5) is 0 Å². The van der Waals surface area contributed by atoms with Crippen molar-refractivity contribution in [1.82, 2.24) is 5.32 Å². The largest absolute Gasteiger partial charge is 0.313 e. The normalized spacial score (nSPS) is 52.8. The minimum atomic E-state index is 0.909. The van der Waals surface area contributed by atoms with E-state index in [1.165, 1.54) is 38.6 Å². The molecular weight excluding hydrogens is 158 g/mol. The van der Waals surface area contributed by atoms with Crippen LogP contribution in [-0.2, 0) is 0 Å². The Kier molecular flexibility index (Phi) is 1.90. The first-order valence-electron chi connectivity index (χ1n) is 6.08. The van der Waals surface area contributed by atoms with Crippen LogP contribution in [0.15, 0.2) is 0 Å². The number of nitrogens with one attached hydrogen (secondary N) is 1. The van der Waals surface area contributed by atoms with Gasteiger partial charge in [-0.25, -0.2) is 0 Å². The molecule has 0 aliphatic heterocycles. The number of rotatable bonds is 3. The summed E-state index contributed by atoms with van der Waals surface area (Å²) in [5.74, 6) is 4.26. The lowest BCUT2D eigenvalue weighted by Crippen LogP contribution is -2.35. The molecule has 3 rings (SSSR count). The molecule has 3 aliphatic carbocycles. The van der Waals surface area contributed by atoms with Crippen LogP contribution in [0.25, 0.3) is 0 Å². The van der Waals surface area contributed by atoms with Crippen molar-refractivity contribution in [3.05, 3.63) is 0 Å². The first kappa shape index (κ1) is 8.28. The van der Waals surface area contributed by atoms with Crippen LogP contribution in [-0.4, -0.2) is 12.6 Å². The van der Waals surface area contributed by atoms with E-state index in [4.69, 9.17) is 0 Å². The summed E-state index contributed by atoms with van der Waals surface area (Å²) in [6, 6.07) is 0.909. The van der Waals surface area contributed by atoms with Gasteiger partial charge < -0.3 is 5.32 Å². The number of hydrogen-bond donors (Lipinski definition) is 1. The van der Waals surface area contributed by atoms with Gasteiger partial charge in [0.15, 0.2) is 0 Å². The van der Waals surface area contributed by atoms with Gasteiger partial charge in [-0.2, -0.15) is 0 Å². The molecule has 0 spiro atoms. The standard InChI is InChI=1S/C12H21N/c1-8-5-10(8)7-13-12-4-2-3-9-6-11(9)12/h8-13H,2-7H2,1H3. The third-order valence-corrected chi connectivity index (χ3v) is 4.50. The molecular formula is C12H21N. The molecule has 0 amide bonds. The molecule has 0 aromatic rings. The maximum atomic E-state index is 3.81. The molecule has 0 heterocycles. The Labute approximate surface area is 81.3 Å². The van der Waals surface area contributed by atoms with Crippen LogP contribution >= 0.6 is 0 Å². The molecule has 3 fully saturated rings. The molecule has 5 unspecified atom stereocenters. The highest BCUT2D eigenvalue weighted by Crippen LogP contribution is 2.49. The van der Waals surface area contributed by atoms with Crippen molar-refractivity contribution >= 4 is 0 Å². The Bertz CT molecular complexity index is 201. The number of fused-ring (bicyclic) bond motifs is 1. The zero-order chi connectivity index (χ0) is 8.84. The Morgan fingerprint density at radius 2 is 2.08 bits per heavy atom. The van der Waals surface area contributed by atoms with E-state index in [0.29, 0.717) is 0 Å². The maximum Gasteiger partial charge on any atom is 0.00981 e. The van der Waals surface area contributed by atoms with Crippen LogP contribution in [0.1, 0.15) is 39.0 Å².